The van der Waals surface area contributed by atoms with Crippen LogP contribution >= 0.6 is 0 Å². The topological polar surface area (TPSA) is 115 Å². The molecule has 1 aliphatic rings. The fraction of sp³-hybridized carbons (Fsp3) is 0.394. The maximum atomic E-state index is 13.4. The van der Waals surface area contributed by atoms with Crippen LogP contribution in [0.1, 0.15) is 76.4 Å². The van der Waals surface area contributed by atoms with E-state index < -0.39 is 0 Å². The van der Waals surface area contributed by atoms with Crippen LogP contribution in [0.15, 0.2) is 60.8 Å². The van der Waals surface area contributed by atoms with E-state index in [0.29, 0.717) is 67.1 Å². The van der Waals surface area contributed by atoms with Gasteiger partial charge in [-0.15, -0.1) is 0 Å². The number of piperidine rings is 1. The molecule has 41 heavy (non-hydrogen) atoms. The minimum Gasteiger partial charge on any atom is -0.340 e. The highest BCUT2D eigenvalue weighted by molar-refractivity contribution is 5.96. The molecule has 0 bridgehead atoms. The van der Waals surface area contributed by atoms with E-state index in [1.807, 2.05) is 54.3 Å². The van der Waals surface area contributed by atoms with Crippen LogP contribution in [-0.4, -0.2) is 59.3 Å². The number of carbonyl (C=O) groups excluding carboxylic acids is 2. The van der Waals surface area contributed by atoms with Gasteiger partial charge in [0.1, 0.15) is 5.82 Å². The van der Waals surface area contributed by atoms with Crippen molar-refractivity contribution >= 4 is 23.3 Å². The number of nitrogens with two attached hydrogens (primary N) is 1. The van der Waals surface area contributed by atoms with E-state index in [1.165, 1.54) is 5.56 Å². The van der Waals surface area contributed by atoms with Crippen LogP contribution in [0.25, 0.3) is 0 Å². The number of hydrogen-bond acceptors (Lipinski definition) is 6. The summed E-state index contributed by atoms with van der Waals surface area (Å²) in [6.07, 6.45) is 4.29. The molecule has 214 valence electrons. The van der Waals surface area contributed by atoms with Crippen LogP contribution in [0.3, 0.4) is 0 Å². The molecule has 0 saturated carbocycles. The monoisotopic (exact) mass is 552 g/mol. The van der Waals surface area contributed by atoms with E-state index >= 15 is 0 Å². The molecular formula is C33H40N6O2. The van der Waals surface area contributed by atoms with E-state index in [1.54, 1.807) is 23.2 Å². The predicted molar refractivity (Wildman–Crippen MR) is 162 cm³/mol. The van der Waals surface area contributed by atoms with Crippen molar-refractivity contribution in [1.82, 2.24) is 14.8 Å². The summed E-state index contributed by atoms with van der Waals surface area (Å²) in [5.74, 6) is 1.44. The summed E-state index contributed by atoms with van der Waals surface area (Å²) >= 11 is 0. The summed E-state index contributed by atoms with van der Waals surface area (Å²) in [5, 5.41) is 12.4. The zero-order valence-corrected chi connectivity index (χ0v) is 24.3. The van der Waals surface area contributed by atoms with Gasteiger partial charge >= 0.3 is 0 Å². The van der Waals surface area contributed by atoms with Crippen molar-refractivity contribution in [3.63, 3.8) is 0 Å². The van der Waals surface area contributed by atoms with Gasteiger partial charge in [-0.05, 0) is 85.5 Å². The number of anilines is 2. The van der Waals surface area contributed by atoms with Gasteiger partial charge in [-0.3, -0.25) is 9.59 Å². The highest BCUT2D eigenvalue weighted by Crippen LogP contribution is 2.30. The Labute approximate surface area is 243 Å². The van der Waals surface area contributed by atoms with Crippen molar-refractivity contribution in [1.29, 1.82) is 5.26 Å². The molecule has 0 radical (unpaired) electrons. The summed E-state index contributed by atoms with van der Waals surface area (Å²) in [4.78, 5) is 34.6. The van der Waals surface area contributed by atoms with Gasteiger partial charge in [0, 0.05) is 50.2 Å². The largest absolute Gasteiger partial charge is 0.340 e. The van der Waals surface area contributed by atoms with Crippen molar-refractivity contribution in [2.75, 3.05) is 38.0 Å². The molecule has 1 saturated heterocycles. The molecule has 1 fully saturated rings. The number of aryl methyl sites for hydroxylation is 1. The Hall–Kier alpha value is -4.22. The molecule has 4 rings (SSSR count). The summed E-state index contributed by atoms with van der Waals surface area (Å²) in [7, 11) is 0. The quantitative estimate of drug-likeness (QED) is 0.345. The van der Waals surface area contributed by atoms with Gasteiger partial charge in [0.15, 0.2) is 0 Å². The molecule has 2 heterocycles. The standard InChI is InChI=1S/C33H40N6O2/c1-23(2)12-16-39(19-15-34)33(41)29-10-11-31(36-22-29)37-30-20-28(7-4-24(30)3)32(40)38-17-13-27(14-18-38)26-8-5-25(21-35)6-9-26/h4-11,20,22-23,27H,12-19,34H2,1-3H3,(H,36,37). The van der Waals surface area contributed by atoms with Gasteiger partial charge in [0.2, 0.25) is 0 Å². The average molecular weight is 553 g/mol. The van der Waals surface area contributed by atoms with Gasteiger partial charge in [-0.1, -0.05) is 32.0 Å². The van der Waals surface area contributed by atoms with Crippen molar-refractivity contribution in [2.45, 2.75) is 46.0 Å². The fourth-order valence-electron chi connectivity index (χ4n) is 5.12. The first kappa shape index (κ1) is 29.8. The second kappa shape index (κ2) is 13.9. The maximum Gasteiger partial charge on any atom is 0.255 e. The normalized spacial score (nSPS) is 13.6. The molecule has 0 unspecified atom stereocenters. The van der Waals surface area contributed by atoms with Crippen LogP contribution in [0.5, 0.6) is 0 Å². The lowest BCUT2D eigenvalue weighted by Gasteiger charge is -2.32. The molecule has 0 atom stereocenters. The third-order valence-corrected chi connectivity index (χ3v) is 7.71. The minimum atomic E-state index is -0.0677. The maximum absolute atomic E-state index is 13.4. The van der Waals surface area contributed by atoms with Gasteiger partial charge in [-0.2, -0.15) is 5.26 Å². The second-order valence-electron chi connectivity index (χ2n) is 11.2. The highest BCUT2D eigenvalue weighted by atomic mass is 16.2. The molecular weight excluding hydrogens is 512 g/mol. The van der Waals surface area contributed by atoms with E-state index in [-0.39, 0.29) is 11.8 Å². The van der Waals surface area contributed by atoms with E-state index in [4.69, 9.17) is 11.0 Å². The Morgan fingerprint density at radius 1 is 1.07 bits per heavy atom. The zero-order valence-electron chi connectivity index (χ0n) is 24.3. The summed E-state index contributed by atoms with van der Waals surface area (Å²) in [5.41, 5.74) is 10.6. The van der Waals surface area contributed by atoms with Crippen molar-refractivity contribution < 1.29 is 9.59 Å². The lowest BCUT2D eigenvalue weighted by molar-refractivity contribution is 0.0711. The Bertz CT molecular complexity index is 1370. The van der Waals surface area contributed by atoms with Crippen LogP contribution in [0, 0.1) is 24.2 Å². The van der Waals surface area contributed by atoms with Crippen LogP contribution < -0.4 is 11.1 Å². The van der Waals surface area contributed by atoms with Gasteiger partial charge in [0.05, 0.1) is 17.2 Å². The molecule has 8 heteroatoms. The fourth-order valence-corrected chi connectivity index (χ4v) is 5.12. The lowest BCUT2D eigenvalue weighted by Crippen LogP contribution is -2.37. The van der Waals surface area contributed by atoms with Gasteiger partial charge in [0.25, 0.3) is 11.8 Å². The molecule has 2 aromatic carbocycles. The average Bonchev–Trinajstić information content (AvgIpc) is 3.00. The molecule has 0 spiro atoms. The molecule has 3 N–H and O–H groups in total. The third kappa shape index (κ3) is 7.71. The smallest absolute Gasteiger partial charge is 0.255 e. The molecule has 3 aromatic rings. The van der Waals surface area contributed by atoms with E-state index in [2.05, 4.69) is 30.2 Å². The first-order chi connectivity index (χ1) is 19.8. The van der Waals surface area contributed by atoms with Gasteiger partial charge in [-0.25, -0.2) is 4.98 Å². The number of pyridine rings is 1. The zero-order chi connectivity index (χ0) is 29.4. The van der Waals surface area contributed by atoms with Crippen molar-refractivity contribution in [3.05, 3.63) is 88.6 Å². The first-order valence-electron chi connectivity index (χ1n) is 14.4. The van der Waals surface area contributed by atoms with Crippen molar-refractivity contribution in [3.8, 4) is 6.07 Å². The number of hydrogen-bond donors (Lipinski definition) is 2. The molecule has 8 nitrogen and oxygen atoms in total. The number of nitrogens with zero attached hydrogens (tertiary/aromatic N) is 4. The number of nitriles is 1. The number of benzene rings is 2. The third-order valence-electron chi connectivity index (χ3n) is 7.71. The SMILES string of the molecule is Cc1ccc(C(=O)N2CCC(c3ccc(C#N)cc3)CC2)cc1Nc1ccc(C(=O)N(CCN)CCC(C)C)cn1. The minimum absolute atomic E-state index is 0.0154. The number of nitrogens with one attached hydrogen (secondary N) is 1. The summed E-state index contributed by atoms with van der Waals surface area (Å²) in [6.45, 7) is 9.24. The number of rotatable bonds is 10. The van der Waals surface area contributed by atoms with E-state index in [9.17, 15) is 9.59 Å². The second-order valence-corrected chi connectivity index (χ2v) is 11.2. The first-order valence-corrected chi connectivity index (χ1v) is 14.4. The van der Waals surface area contributed by atoms with Gasteiger partial charge < -0.3 is 20.9 Å². The van der Waals surface area contributed by atoms with Crippen molar-refractivity contribution in [2.24, 2.45) is 11.7 Å². The molecule has 1 aliphatic heterocycles. The Balaban J connectivity index is 1.38. The lowest BCUT2D eigenvalue weighted by atomic mass is 9.89. The van der Waals surface area contributed by atoms with Crippen LogP contribution in [0.4, 0.5) is 11.5 Å². The number of carbonyl (C=O) groups is 2. The summed E-state index contributed by atoms with van der Waals surface area (Å²) in [6, 6.07) is 19.2. The molecule has 1 aromatic heterocycles. The molecule has 2 amide bonds. The Morgan fingerprint density at radius 2 is 1.78 bits per heavy atom. The van der Waals surface area contributed by atoms with Crippen LogP contribution in [-0.2, 0) is 0 Å². The Morgan fingerprint density at radius 3 is 2.39 bits per heavy atom. The number of likely N-dealkylation sites (tertiary alicyclic amines) is 1. The van der Waals surface area contributed by atoms with Crippen LogP contribution in [0.2, 0.25) is 0 Å². The number of aromatic nitrogens is 1. The number of amides is 2. The highest BCUT2D eigenvalue weighted by Gasteiger charge is 2.25. The predicted octanol–water partition coefficient (Wildman–Crippen LogP) is 5.47. The Kier molecular flexibility index (Phi) is 10.1. The molecule has 0 aliphatic carbocycles. The van der Waals surface area contributed by atoms with E-state index in [0.717, 1.165) is 30.5 Å². The summed E-state index contributed by atoms with van der Waals surface area (Å²) < 4.78 is 0.